The van der Waals surface area contributed by atoms with Crippen molar-refractivity contribution in [1.82, 2.24) is 5.32 Å². The Morgan fingerprint density at radius 1 is 1.22 bits per heavy atom. The van der Waals surface area contributed by atoms with Crippen molar-refractivity contribution in [3.63, 3.8) is 0 Å². The van der Waals surface area contributed by atoms with Crippen LogP contribution in [-0.4, -0.2) is 11.9 Å². The molecule has 1 aromatic carbocycles. The van der Waals surface area contributed by atoms with Gasteiger partial charge in [0, 0.05) is 12.0 Å². The minimum Gasteiger partial charge on any atom is -0.353 e. The number of hydrogen-bond donors (Lipinski definition) is 1. The normalized spacial score (nSPS) is 23.1. The molecular formula is C16H23NO. The van der Waals surface area contributed by atoms with E-state index >= 15 is 0 Å². The van der Waals surface area contributed by atoms with Crippen LogP contribution >= 0.6 is 0 Å². The SMILES string of the molecule is CCCCC1CC(CCc2ccccc2)NC1=O. The summed E-state index contributed by atoms with van der Waals surface area (Å²) in [5, 5.41) is 3.14. The van der Waals surface area contributed by atoms with Gasteiger partial charge in [0.15, 0.2) is 0 Å². The van der Waals surface area contributed by atoms with E-state index in [4.69, 9.17) is 0 Å². The van der Waals surface area contributed by atoms with Gasteiger partial charge in [0.1, 0.15) is 0 Å². The van der Waals surface area contributed by atoms with E-state index < -0.39 is 0 Å². The molecule has 18 heavy (non-hydrogen) atoms. The highest BCUT2D eigenvalue weighted by molar-refractivity contribution is 5.81. The molecule has 1 N–H and O–H groups in total. The summed E-state index contributed by atoms with van der Waals surface area (Å²) in [6.45, 7) is 2.18. The Bertz CT molecular complexity index is 374. The maximum atomic E-state index is 11.8. The third kappa shape index (κ3) is 3.59. The lowest BCUT2D eigenvalue weighted by Crippen LogP contribution is -2.26. The van der Waals surface area contributed by atoms with Gasteiger partial charge in [0.2, 0.25) is 5.91 Å². The second-order valence-electron chi connectivity index (χ2n) is 5.30. The highest BCUT2D eigenvalue weighted by Gasteiger charge is 2.30. The number of unbranched alkanes of at least 4 members (excludes halogenated alkanes) is 1. The predicted molar refractivity (Wildman–Crippen MR) is 74.3 cm³/mol. The lowest BCUT2D eigenvalue weighted by molar-refractivity contribution is -0.122. The van der Waals surface area contributed by atoms with Crippen molar-refractivity contribution in [2.75, 3.05) is 0 Å². The van der Waals surface area contributed by atoms with Gasteiger partial charge in [-0.2, -0.15) is 0 Å². The lowest BCUT2D eigenvalue weighted by Gasteiger charge is -2.09. The minimum atomic E-state index is 0.269. The van der Waals surface area contributed by atoms with Crippen LogP contribution in [0.3, 0.4) is 0 Å². The molecule has 1 fully saturated rings. The zero-order valence-electron chi connectivity index (χ0n) is 11.2. The molecule has 2 atom stereocenters. The van der Waals surface area contributed by atoms with Crippen LogP contribution < -0.4 is 5.32 Å². The van der Waals surface area contributed by atoms with Crippen LogP contribution in [0.4, 0.5) is 0 Å². The fraction of sp³-hybridized carbons (Fsp3) is 0.562. The van der Waals surface area contributed by atoms with Crippen LogP contribution in [-0.2, 0) is 11.2 Å². The maximum absolute atomic E-state index is 11.8. The summed E-state index contributed by atoms with van der Waals surface area (Å²) in [5.41, 5.74) is 1.36. The topological polar surface area (TPSA) is 29.1 Å². The molecule has 2 nitrogen and oxygen atoms in total. The fourth-order valence-corrected chi connectivity index (χ4v) is 2.70. The quantitative estimate of drug-likeness (QED) is 0.818. The maximum Gasteiger partial charge on any atom is 0.223 e. The van der Waals surface area contributed by atoms with Crippen LogP contribution in [0, 0.1) is 5.92 Å². The number of nitrogens with one attached hydrogen (secondary N) is 1. The molecule has 98 valence electrons. The molecule has 2 unspecified atom stereocenters. The molecule has 0 spiro atoms. The van der Waals surface area contributed by atoms with Crippen molar-refractivity contribution < 1.29 is 4.79 Å². The second kappa shape index (κ2) is 6.58. The molecule has 2 rings (SSSR count). The van der Waals surface area contributed by atoms with Gasteiger partial charge in [-0.25, -0.2) is 0 Å². The van der Waals surface area contributed by atoms with Gasteiger partial charge >= 0.3 is 0 Å². The van der Waals surface area contributed by atoms with Crippen molar-refractivity contribution in [3.8, 4) is 0 Å². The first-order chi connectivity index (χ1) is 8.79. The Morgan fingerprint density at radius 3 is 2.72 bits per heavy atom. The van der Waals surface area contributed by atoms with Gasteiger partial charge < -0.3 is 5.32 Å². The summed E-state index contributed by atoms with van der Waals surface area (Å²) < 4.78 is 0. The van der Waals surface area contributed by atoms with E-state index in [-0.39, 0.29) is 11.8 Å². The van der Waals surface area contributed by atoms with Crippen LogP contribution in [0.5, 0.6) is 0 Å². The molecule has 1 aromatic rings. The standard InChI is InChI=1S/C16H23NO/c1-2-3-9-14-12-15(17-16(14)18)11-10-13-7-5-4-6-8-13/h4-8,14-15H,2-3,9-12H2,1H3,(H,17,18). The van der Waals surface area contributed by atoms with Crippen molar-refractivity contribution in [2.24, 2.45) is 5.92 Å². The number of amides is 1. The summed E-state index contributed by atoms with van der Waals surface area (Å²) in [7, 11) is 0. The third-order valence-corrected chi connectivity index (χ3v) is 3.82. The largest absolute Gasteiger partial charge is 0.353 e. The first kappa shape index (κ1) is 13.1. The predicted octanol–water partition coefficient (Wildman–Crippen LogP) is 3.31. The number of hydrogen-bond acceptors (Lipinski definition) is 1. The van der Waals surface area contributed by atoms with Gasteiger partial charge in [0.05, 0.1) is 0 Å². The highest BCUT2D eigenvalue weighted by atomic mass is 16.2. The van der Waals surface area contributed by atoms with Crippen LogP contribution in [0.15, 0.2) is 30.3 Å². The van der Waals surface area contributed by atoms with Gasteiger partial charge in [-0.1, -0.05) is 50.1 Å². The molecule has 1 amide bonds. The van der Waals surface area contributed by atoms with Crippen LogP contribution in [0.1, 0.15) is 44.6 Å². The van der Waals surface area contributed by atoms with Gasteiger partial charge in [-0.3, -0.25) is 4.79 Å². The Balaban J connectivity index is 1.77. The number of benzene rings is 1. The molecule has 1 aliphatic heterocycles. The molecule has 2 heteroatoms. The third-order valence-electron chi connectivity index (χ3n) is 3.82. The van der Waals surface area contributed by atoms with Gasteiger partial charge in [-0.05, 0) is 31.2 Å². The second-order valence-corrected chi connectivity index (χ2v) is 5.30. The Kier molecular flexibility index (Phi) is 4.80. The Hall–Kier alpha value is -1.31. The fourth-order valence-electron chi connectivity index (χ4n) is 2.70. The van der Waals surface area contributed by atoms with Crippen molar-refractivity contribution in [2.45, 2.75) is 51.5 Å². The summed E-state index contributed by atoms with van der Waals surface area (Å²) in [6.07, 6.45) is 6.57. The number of aryl methyl sites for hydroxylation is 1. The van der Waals surface area contributed by atoms with Crippen LogP contribution in [0.25, 0.3) is 0 Å². The molecule has 0 aliphatic carbocycles. The lowest BCUT2D eigenvalue weighted by atomic mass is 9.96. The number of carbonyl (C=O) groups excluding carboxylic acids is 1. The zero-order chi connectivity index (χ0) is 12.8. The molecule has 1 heterocycles. The number of rotatable bonds is 6. The zero-order valence-corrected chi connectivity index (χ0v) is 11.2. The highest BCUT2D eigenvalue weighted by Crippen LogP contribution is 2.23. The Labute approximate surface area is 110 Å². The molecule has 0 bridgehead atoms. The molecule has 1 aliphatic rings. The monoisotopic (exact) mass is 245 g/mol. The molecule has 0 radical (unpaired) electrons. The Morgan fingerprint density at radius 2 is 2.00 bits per heavy atom. The van der Waals surface area contributed by atoms with E-state index in [1.807, 2.05) is 6.07 Å². The van der Waals surface area contributed by atoms with E-state index in [9.17, 15) is 4.79 Å². The first-order valence-electron chi connectivity index (χ1n) is 7.14. The molecular weight excluding hydrogens is 222 g/mol. The number of carbonyl (C=O) groups is 1. The van der Waals surface area contributed by atoms with E-state index in [2.05, 4.69) is 36.5 Å². The summed E-state index contributed by atoms with van der Waals surface area (Å²) in [5.74, 6) is 0.548. The molecule has 0 saturated carbocycles. The molecule has 0 aromatic heterocycles. The molecule has 1 saturated heterocycles. The minimum absolute atomic E-state index is 0.269. The smallest absolute Gasteiger partial charge is 0.223 e. The average molecular weight is 245 g/mol. The summed E-state index contributed by atoms with van der Waals surface area (Å²) >= 11 is 0. The first-order valence-corrected chi connectivity index (χ1v) is 7.14. The van der Waals surface area contributed by atoms with Crippen molar-refractivity contribution >= 4 is 5.91 Å². The van der Waals surface area contributed by atoms with E-state index in [1.165, 1.54) is 18.4 Å². The average Bonchev–Trinajstić information content (AvgIpc) is 2.76. The van der Waals surface area contributed by atoms with Crippen molar-refractivity contribution in [3.05, 3.63) is 35.9 Å². The summed E-state index contributed by atoms with van der Waals surface area (Å²) in [6, 6.07) is 10.9. The van der Waals surface area contributed by atoms with E-state index in [0.29, 0.717) is 6.04 Å². The summed E-state index contributed by atoms with van der Waals surface area (Å²) in [4.78, 5) is 11.8. The van der Waals surface area contributed by atoms with Gasteiger partial charge in [-0.15, -0.1) is 0 Å². The van der Waals surface area contributed by atoms with Crippen LogP contribution in [0.2, 0.25) is 0 Å². The van der Waals surface area contributed by atoms with E-state index in [0.717, 1.165) is 25.7 Å². The van der Waals surface area contributed by atoms with Crippen molar-refractivity contribution in [1.29, 1.82) is 0 Å². The van der Waals surface area contributed by atoms with Gasteiger partial charge in [0.25, 0.3) is 0 Å². The van der Waals surface area contributed by atoms with E-state index in [1.54, 1.807) is 0 Å².